The van der Waals surface area contributed by atoms with Crippen molar-refractivity contribution < 1.29 is 4.74 Å². The third-order valence-corrected chi connectivity index (χ3v) is 3.93. The van der Waals surface area contributed by atoms with Crippen LogP contribution in [0.5, 0.6) is 5.75 Å². The number of ether oxygens (including phenoxy) is 1. The van der Waals surface area contributed by atoms with Crippen LogP contribution in [-0.4, -0.2) is 4.98 Å². The van der Waals surface area contributed by atoms with Crippen molar-refractivity contribution in [2.45, 2.75) is 0 Å². The highest BCUT2D eigenvalue weighted by atomic mass is 16.5. The van der Waals surface area contributed by atoms with Gasteiger partial charge in [-0.15, -0.1) is 0 Å². The zero-order valence-electron chi connectivity index (χ0n) is 12.0. The lowest BCUT2D eigenvalue weighted by atomic mass is 10.0. The van der Waals surface area contributed by atoms with Gasteiger partial charge in [-0.05, 0) is 23.8 Å². The second-order valence-corrected chi connectivity index (χ2v) is 5.21. The molecule has 0 aliphatic carbocycles. The fourth-order valence-corrected chi connectivity index (χ4v) is 2.92. The fourth-order valence-electron chi connectivity index (χ4n) is 2.92. The molecule has 0 amide bonds. The Morgan fingerprint density at radius 3 is 2.41 bits per heavy atom. The maximum absolute atomic E-state index is 5.29. The summed E-state index contributed by atoms with van der Waals surface area (Å²) in [4.78, 5) is 3.54. The molecule has 22 heavy (non-hydrogen) atoms. The topological polar surface area (TPSA) is 25.0 Å². The highest BCUT2D eigenvalue weighted by molar-refractivity contribution is 6.11. The molecule has 1 heterocycles. The molecule has 0 unspecified atom stereocenters. The molecule has 0 bridgehead atoms. The average molecular weight is 285 g/mol. The number of rotatable bonds is 3. The summed E-state index contributed by atoms with van der Waals surface area (Å²) in [5, 5.41) is 2.51. The maximum Gasteiger partial charge on any atom is 0.126 e. The second kappa shape index (κ2) is 5.08. The molecule has 0 saturated heterocycles. The van der Waals surface area contributed by atoms with Crippen LogP contribution in [0.15, 0.2) is 79.6 Å². The summed E-state index contributed by atoms with van der Waals surface area (Å²) in [6.07, 6.45) is 1.44. The Bertz CT molecular complexity index is 964. The van der Waals surface area contributed by atoms with Crippen molar-refractivity contribution in [2.24, 2.45) is 0 Å². The number of aromatic nitrogens is 1. The summed E-state index contributed by atoms with van der Waals surface area (Å²) in [7, 11) is 0. The molecule has 1 N–H and O–H groups in total. The second-order valence-electron chi connectivity index (χ2n) is 5.21. The van der Waals surface area contributed by atoms with E-state index < -0.39 is 0 Å². The number of H-pyrrole nitrogens is 1. The average Bonchev–Trinajstić information content (AvgIpc) is 2.95. The van der Waals surface area contributed by atoms with Gasteiger partial charge < -0.3 is 9.72 Å². The molecule has 4 rings (SSSR count). The van der Waals surface area contributed by atoms with Crippen LogP contribution >= 0.6 is 0 Å². The Morgan fingerprint density at radius 2 is 1.59 bits per heavy atom. The van der Waals surface area contributed by atoms with Crippen molar-refractivity contribution in [2.75, 3.05) is 0 Å². The first-order chi connectivity index (χ1) is 10.9. The van der Waals surface area contributed by atoms with Crippen molar-refractivity contribution in [3.05, 3.63) is 79.6 Å². The SMILES string of the molecule is C=COc1ccc(-c2cccc3c2[nH]c2ccccc23)cc1. The number of benzene rings is 3. The Kier molecular flexibility index (Phi) is 2.94. The lowest BCUT2D eigenvalue weighted by Gasteiger charge is -2.05. The summed E-state index contributed by atoms with van der Waals surface area (Å²) in [6, 6.07) is 22.8. The van der Waals surface area contributed by atoms with Gasteiger partial charge in [-0.3, -0.25) is 0 Å². The predicted octanol–water partition coefficient (Wildman–Crippen LogP) is 5.51. The minimum absolute atomic E-state index is 0.794. The molecule has 2 nitrogen and oxygen atoms in total. The van der Waals surface area contributed by atoms with Gasteiger partial charge in [0.1, 0.15) is 5.75 Å². The van der Waals surface area contributed by atoms with Gasteiger partial charge in [0, 0.05) is 21.9 Å². The van der Waals surface area contributed by atoms with Crippen LogP contribution in [0.25, 0.3) is 32.9 Å². The van der Waals surface area contributed by atoms with E-state index in [-0.39, 0.29) is 0 Å². The van der Waals surface area contributed by atoms with E-state index in [1.54, 1.807) is 0 Å². The third kappa shape index (κ3) is 1.97. The van der Waals surface area contributed by atoms with E-state index >= 15 is 0 Å². The monoisotopic (exact) mass is 285 g/mol. The molecule has 4 aromatic rings. The van der Waals surface area contributed by atoms with E-state index in [0.717, 1.165) is 16.8 Å². The van der Waals surface area contributed by atoms with Crippen molar-refractivity contribution in [1.29, 1.82) is 0 Å². The van der Waals surface area contributed by atoms with Crippen molar-refractivity contribution >= 4 is 21.8 Å². The van der Waals surface area contributed by atoms with Gasteiger partial charge in [-0.25, -0.2) is 0 Å². The number of fused-ring (bicyclic) bond motifs is 3. The molecule has 106 valence electrons. The fraction of sp³-hybridized carbons (Fsp3) is 0. The first-order valence-corrected chi connectivity index (χ1v) is 7.24. The van der Waals surface area contributed by atoms with Crippen molar-refractivity contribution in [1.82, 2.24) is 4.98 Å². The molecular weight excluding hydrogens is 270 g/mol. The zero-order chi connectivity index (χ0) is 14.9. The van der Waals surface area contributed by atoms with E-state index in [4.69, 9.17) is 4.74 Å². The van der Waals surface area contributed by atoms with E-state index in [0.29, 0.717) is 0 Å². The van der Waals surface area contributed by atoms with Crippen LogP contribution in [0, 0.1) is 0 Å². The van der Waals surface area contributed by atoms with Gasteiger partial charge in [0.25, 0.3) is 0 Å². The minimum Gasteiger partial charge on any atom is -0.466 e. The lowest BCUT2D eigenvalue weighted by molar-refractivity contribution is 0.483. The van der Waals surface area contributed by atoms with E-state index in [9.17, 15) is 0 Å². The van der Waals surface area contributed by atoms with Crippen LogP contribution in [0.4, 0.5) is 0 Å². The standard InChI is InChI=1S/C20H15NO/c1-2-22-15-12-10-14(11-13-15)16-7-5-8-18-17-6-3-4-9-19(17)21-20(16)18/h2-13,21H,1H2. The Morgan fingerprint density at radius 1 is 0.818 bits per heavy atom. The van der Waals surface area contributed by atoms with Gasteiger partial charge in [0.05, 0.1) is 11.8 Å². The normalized spacial score (nSPS) is 10.9. The number of hydrogen-bond donors (Lipinski definition) is 1. The third-order valence-electron chi connectivity index (χ3n) is 3.93. The first kappa shape index (κ1) is 12.7. The van der Waals surface area contributed by atoms with Gasteiger partial charge in [0.2, 0.25) is 0 Å². The first-order valence-electron chi connectivity index (χ1n) is 7.24. The molecule has 0 atom stereocenters. The molecule has 0 saturated carbocycles. The van der Waals surface area contributed by atoms with Crippen LogP contribution in [0.2, 0.25) is 0 Å². The highest BCUT2D eigenvalue weighted by Crippen LogP contribution is 2.33. The zero-order valence-corrected chi connectivity index (χ0v) is 12.0. The quantitative estimate of drug-likeness (QED) is 0.493. The molecule has 1 aromatic heterocycles. The number of aromatic amines is 1. The van der Waals surface area contributed by atoms with Crippen LogP contribution < -0.4 is 4.74 Å². The van der Waals surface area contributed by atoms with Crippen LogP contribution in [-0.2, 0) is 0 Å². The number of nitrogens with one attached hydrogen (secondary N) is 1. The van der Waals surface area contributed by atoms with E-state index in [1.807, 2.05) is 12.1 Å². The molecule has 2 heteroatoms. The smallest absolute Gasteiger partial charge is 0.126 e. The summed E-state index contributed by atoms with van der Waals surface area (Å²) in [6.45, 7) is 3.57. The lowest BCUT2D eigenvalue weighted by Crippen LogP contribution is -1.83. The van der Waals surface area contributed by atoms with E-state index in [2.05, 4.69) is 66.2 Å². The minimum atomic E-state index is 0.794. The summed E-state index contributed by atoms with van der Waals surface area (Å²) in [5.74, 6) is 0.794. The van der Waals surface area contributed by atoms with Crippen molar-refractivity contribution in [3.8, 4) is 16.9 Å². The molecule has 0 aliphatic rings. The molecule has 0 aliphatic heterocycles. The molecule has 0 spiro atoms. The summed E-state index contributed by atoms with van der Waals surface area (Å²) >= 11 is 0. The summed E-state index contributed by atoms with van der Waals surface area (Å²) in [5.41, 5.74) is 4.69. The van der Waals surface area contributed by atoms with Gasteiger partial charge in [0.15, 0.2) is 0 Å². The summed E-state index contributed by atoms with van der Waals surface area (Å²) < 4.78 is 5.29. The van der Waals surface area contributed by atoms with Crippen LogP contribution in [0.1, 0.15) is 0 Å². The Balaban J connectivity index is 1.92. The number of para-hydroxylation sites is 2. The van der Waals surface area contributed by atoms with Crippen molar-refractivity contribution in [3.63, 3.8) is 0 Å². The Labute approximate surface area is 128 Å². The van der Waals surface area contributed by atoms with E-state index in [1.165, 1.54) is 28.1 Å². The predicted molar refractivity (Wildman–Crippen MR) is 92.1 cm³/mol. The largest absolute Gasteiger partial charge is 0.466 e. The van der Waals surface area contributed by atoms with Gasteiger partial charge >= 0.3 is 0 Å². The highest BCUT2D eigenvalue weighted by Gasteiger charge is 2.09. The molecule has 0 fully saturated rings. The molecule has 3 aromatic carbocycles. The number of hydrogen-bond acceptors (Lipinski definition) is 1. The van der Waals surface area contributed by atoms with Crippen LogP contribution in [0.3, 0.4) is 0 Å². The molecular formula is C20H15NO. The van der Waals surface area contributed by atoms with Gasteiger partial charge in [-0.2, -0.15) is 0 Å². The van der Waals surface area contributed by atoms with Gasteiger partial charge in [-0.1, -0.05) is 55.1 Å². The molecule has 0 radical (unpaired) electrons. The maximum atomic E-state index is 5.29. The Hall–Kier alpha value is -3.00.